The summed E-state index contributed by atoms with van der Waals surface area (Å²) < 4.78 is 111. The first-order chi connectivity index (χ1) is 19.9. The maximum absolute atomic E-state index is 13.6. The van der Waals surface area contributed by atoms with E-state index < -0.39 is 49.5 Å². The number of ether oxygens (including phenoxy) is 4. The third-order valence-electron chi connectivity index (χ3n) is 6.04. The largest absolute Gasteiger partial charge is 0.492 e. The second kappa shape index (κ2) is 14.7. The van der Waals surface area contributed by atoms with E-state index >= 15 is 0 Å². The van der Waals surface area contributed by atoms with Crippen LogP contribution in [0.15, 0.2) is 36.4 Å². The molecular weight excluding hydrogens is 595 g/mol. The average Bonchev–Trinajstić information content (AvgIpc) is 2.89. The van der Waals surface area contributed by atoms with Gasteiger partial charge in [-0.1, -0.05) is 29.8 Å². The maximum atomic E-state index is 13.6. The Morgan fingerprint density at radius 2 is 1.47 bits per heavy atom. The van der Waals surface area contributed by atoms with Crippen LogP contribution in [0.25, 0.3) is 0 Å². The van der Waals surface area contributed by atoms with E-state index in [2.05, 4.69) is 4.74 Å². The van der Waals surface area contributed by atoms with E-state index in [-0.39, 0.29) is 37.7 Å². The van der Waals surface area contributed by atoms with Gasteiger partial charge in [0.25, 0.3) is 0 Å². The Hall–Kier alpha value is -3.59. The molecule has 0 aliphatic rings. The molecule has 1 unspecified atom stereocenters. The van der Waals surface area contributed by atoms with E-state index in [1.165, 1.54) is 12.1 Å². The number of benzene rings is 2. The number of carboxylic acid groups (broad SMARTS) is 1. The van der Waals surface area contributed by atoms with E-state index in [0.717, 1.165) is 10.5 Å². The molecule has 15 heteroatoms. The topological polar surface area (TPSA) is 94.5 Å². The van der Waals surface area contributed by atoms with Gasteiger partial charge in [-0.3, -0.25) is 0 Å². The van der Waals surface area contributed by atoms with Gasteiger partial charge in [0.1, 0.15) is 18.1 Å². The van der Waals surface area contributed by atoms with E-state index in [4.69, 9.17) is 14.2 Å². The van der Waals surface area contributed by atoms with Crippen LogP contribution in [0.3, 0.4) is 0 Å². The highest BCUT2D eigenvalue weighted by atomic mass is 19.4. The lowest BCUT2D eigenvalue weighted by molar-refractivity contribution is -0.423. The van der Waals surface area contributed by atoms with Crippen molar-refractivity contribution >= 4 is 12.1 Å². The maximum Gasteiger partial charge on any atom is 0.462 e. The van der Waals surface area contributed by atoms with Crippen LogP contribution in [-0.2, 0) is 20.7 Å². The second-order valence-corrected chi connectivity index (χ2v) is 9.50. The monoisotopic (exact) mass is 627 g/mol. The van der Waals surface area contributed by atoms with Crippen LogP contribution < -0.4 is 9.47 Å². The van der Waals surface area contributed by atoms with Crippen molar-refractivity contribution in [3.8, 4) is 11.5 Å². The van der Waals surface area contributed by atoms with Gasteiger partial charge in [0.2, 0.25) is 0 Å². The van der Waals surface area contributed by atoms with Gasteiger partial charge < -0.3 is 29.0 Å². The molecule has 0 aromatic heterocycles. The van der Waals surface area contributed by atoms with Crippen LogP contribution in [0.1, 0.15) is 29.2 Å². The summed E-state index contributed by atoms with van der Waals surface area (Å²) >= 11 is 0. The van der Waals surface area contributed by atoms with Crippen molar-refractivity contribution < 1.29 is 64.4 Å². The molecule has 2 aromatic rings. The molecule has 0 fully saturated rings. The predicted octanol–water partition coefficient (Wildman–Crippen LogP) is 6.33. The van der Waals surface area contributed by atoms with Crippen molar-refractivity contribution in [1.82, 2.24) is 4.90 Å². The number of halogens is 7. The Kier molecular flexibility index (Phi) is 12.2. The van der Waals surface area contributed by atoms with Crippen LogP contribution in [0.5, 0.6) is 11.5 Å². The number of hydrogen-bond donors (Lipinski definition) is 1. The molecule has 1 amide bonds. The molecular formula is C28H32F7NO7. The van der Waals surface area contributed by atoms with Crippen LogP contribution in [0.4, 0.5) is 35.5 Å². The quantitative estimate of drug-likeness (QED) is 0.231. The molecule has 0 bridgehead atoms. The Morgan fingerprint density at radius 3 is 1.98 bits per heavy atom. The minimum Gasteiger partial charge on any atom is -0.492 e. The van der Waals surface area contributed by atoms with Crippen molar-refractivity contribution in [1.29, 1.82) is 0 Å². The number of carbonyl (C=O) groups is 2. The Bertz CT molecular complexity index is 1210. The summed E-state index contributed by atoms with van der Waals surface area (Å²) in [7, 11) is 0. The van der Waals surface area contributed by atoms with Crippen molar-refractivity contribution in [2.75, 3.05) is 32.9 Å². The molecule has 1 N–H and O–H groups in total. The van der Waals surface area contributed by atoms with E-state index in [1.54, 1.807) is 52.0 Å². The van der Waals surface area contributed by atoms with Gasteiger partial charge in [0.15, 0.2) is 6.10 Å². The van der Waals surface area contributed by atoms with Crippen molar-refractivity contribution in [3.63, 3.8) is 0 Å². The molecule has 8 nitrogen and oxygen atoms in total. The number of alkyl halides is 7. The van der Waals surface area contributed by atoms with Gasteiger partial charge in [-0.05, 0) is 56.5 Å². The number of rotatable bonds is 15. The summed E-state index contributed by atoms with van der Waals surface area (Å²) in [6.45, 7) is 4.09. The van der Waals surface area contributed by atoms with Gasteiger partial charge in [0.05, 0.1) is 13.2 Å². The normalized spacial score (nSPS) is 13.0. The Labute approximate surface area is 243 Å². The fourth-order valence-corrected chi connectivity index (χ4v) is 3.94. The lowest BCUT2D eigenvalue weighted by atomic mass is 10.1. The summed E-state index contributed by atoms with van der Waals surface area (Å²) in [5, 5.41) is 9.22. The highest BCUT2D eigenvalue weighted by Gasteiger charge is 2.74. The van der Waals surface area contributed by atoms with Crippen LogP contribution in [-0.4, -0.2) is 79.3 Å². The van der Waals surface area contributed by atoms with Crippen molar-refractivity contribution in [2.45, 2.75) is 58.4 Å². The summed E-state index contributed by atoms with van der Waals surface area (Å²) in [5.41, 5.74) is 2.60. The molecule has 0 saturated heterocycles. The summed E-state index contributed by atoms with van der Waals surface area (Å²) in [6, 6.07) is 9.59. The molecule has 0 heterocycles. The number of carbonyl (C=O) groups excluding carboxylic acids is 1. The zero-order valence-corrected chi connectivity index (χ0v) is 23.8. The first-order valence-electron chi connectivity index (χ1n) is 13.0. The summed E-state index contributed by atoms with van der Waals surface area (Å²) in [6.07, 6.45) is -14.6. The zero-order valence-electron chi connectivity index (χ0n) is 23.8. The molecule has 0 saturated carbocycles. The molecule has 0 spiro atoms. The SMILES string of the molecule is CCOC(Cc1ccc(OCCN(CCOC(F)(F)C(F)(F)C(F)(F)F)C(=O)Oc2c(C)cc(C)cc2C)cc1)C(=O)O. The van der Waals surface area contributed by atoms with E-state index in [9.17, 15) is 45.4 Å². The molecule has 0 aliphatic carbocycles. The minimum absolute atomic E-state index is 0.0823. The highest BCUT2D eigenvalue weighted by molar-refractivity contribution is 5.73. The molecule has 240 valence electrons. The number of hydrogen-bond acceptors (Lipinski definition) is 6. The first kappa shape index (κ1) is 35.6. The Balaban J connectivity index is 2.12. The van der Waals surface area contributed by atoms with Gasteiger partial charge in [0, 0.05) is 19.6 Å². The first-order valence-corrected chi connectivity index (χ1v) is 13.0. The third kappa shape index (κ3) is 9.71. The number of amides is 1. The lowest BCUT2D eigenvalue weighted by Crippen LogP contribution is -2.54. The molecule has 2 aromatic carbocycles. The fraction of sp³-hybridized carbons (Fsp3) is 0.500. The van der Waals surface area contributed by atoms with Crippen molar-refractivity contribution in [2.24, 2.45) is 0 Å². The highest BCUT2D eigenvalue weighted by Crippen LogP contribution is 2.46. The number of aliphatic carboxylic acids is 1. The molecule has 1 atom stereocenters. The zero-order chi connectivity index (χ0) is 32.6. The summed E-state index contributed by atoms with van der Waals surface area (Å²) in [5.74, 6) is -7.17. The number of nitrogens with zero attached hydrogens (tertiary/aromatic N) is 1. The standard InChI is InChI=1S/C28H32F7NO7/c1-5-40-22(24(37)38)16-20-6-8-21(9-7-20)41-12-10-36(11-13-42-28(34,35)26(29,30)27(31,32)33)25(39)43-23-18(3)14-17(2)15-19(23)4/h6-9,14-15,22H,5,10-13,16H2,1-4H3,(H,37,38). The third-order valence-corrected chi connectivity index (χ3v) is 6.04. The van der Waals surface area contributed by atoms with Gasteiger partial charge in [-0.15, -0.1) is 0 Å². The molecule has 0 aliphatic heterocycles. The molecule has 2 rings (SSSR count). The molecule has 43 heavy (non-hydrogen) atoms. The van der Waals surface area contributed by atoms with E-state index in [0.29, 0.717) is 16.7 Å². The van der Waals surface area contributed by atoms with E-state index in [1.807, 2.05) is 0 Å². The molecule has 0 radical (unpaired) electrons. The fourth-order valence-electron chi connectivity index (χ4n) is 3.94. The van der Waals surface area contributed by atoms with Crippen molar-refractivity contribution in [3.05, 3.63) is 58.7 Å². The van der Waals surface area contributed by atoms with Crippen LogP contribution >= 0.6 is 0 Å². The minimum atomic E-state index is -6.57. The predicted molar refractivity (Wildman–Crippen MR) is 139 cm³/mol. The number of aryl methyl sites for hydroxylation is 3. The smallest absolute Gasteiger partial charge is 0.462 e. The second-order valence-electron chi connectivity index (χ2n) is 9.50. The summed E-state index contributed by atoms with van der Waals surface area (Å²) in [4.78, 5) is 25.0. The van der Waals surface area contributed by atoms with Crippen LogP contribution in [0.2, 0.25) is 0 Å². The number of carboxylic acids is 1. The van der Waals surface area contributed by atoms with Crippen LogP contribution in [0, 0.1) is 20.8 Å². The van der Waals surface area contributed by atoms with Gasteiger partial charge >= 0.3 is 30.3 Å². The lowest BCUT2D eigenvalue weighted by Gasteiger charge is -2.29. The Morgan fingerprint density at radius 1 is 0.907 bits per heavy atom. The van der Waals surface area contributed by atoms with Gasteiger partial charge in [-0.25, -0.2) is 9.59 Å². The average molecular weight is 628 g/mol. The van der Waals surface area contributed by atoms with Gasteiger partial charge in [-0.2, -0.15) is 30.7 Å².